The predicted octanol–water partition coefficient (Wildman–Crippen LogP) is 3.03. The number of carbonyl (C=O) groups is 1. The zero-order chi connectivity index (χ0) is 19.2. The minimum absolute atomic E-state index is 0. The maximum absolute atomic E-state index is 13.1. The number of furan rings is 1. The molecule has 0 atom stereocenters. The summed E-state index contributed by atoms with van der Waals surface area (Å²) in [5.74, 6) is 0.623. The highest BCUT2D eigenvalue weighted by Crippen LogP contribution is 2.31. The Morgan fingerprint density at radius 2 is 1.86 bits per heavy atom. The van der Waals surface area contributed by atoms with E-state index in [0.29, 0.717) is 17.7 Å². The third-order valence-corrected chi connectivity index (χ3v) is 6.54. The highest BCUT2D eigenvalue weighted by molar-refractivity contribution is 7.91. The zero-order valence-electron chi connectivity index (χ0n) is 15.6. The van der Waals surface area contributed by atoms with Gasteiger partial charge in [-0.05, 0) is 43.3 Å². The van der Waals surface area contributed by atoms with Gasteiger partial charge in [0, 0.05) is 36.7 Å². The quantitative estimate of drug-likeness (QED) is 0.704. The molecule has 0 saturated heterocycles. The monoisotopic (exact) mass is 420 g/mol. The van der Waals surface area contributed by atoms with Crippen LogP contribution in [0.25, 0.3) is 11.0 Å². The summed E-state index contributed by atoms with van der Waals surface area (Å²) in [7, 11) is -0.500. The van der Waals surface area contributed by atoms with Crippen LogP contribution < -0.4 is 5.32 Å². The Kier molecular flexibility index (Phi) is 5.52. The molecule has 0 radical (unpaired) electrons. The zero-order valence-corrected chi connectivity index (χ0v) is 17.2. The number of carbonyl (C=O) groups excluding carboxylic acids is 1. The summed E-state index contributed by atoms with van der Waals surface area (Å²) in [5.41, 5.74) is 2.05. The van der Waals surface area contributed by atoms with E-state index in [1.54, 1.807) is 38.4 Å². The minimum atomic E-state index is -3.76. The van der Waals surface area contributed by atoms with Crippen LogP contribution in [0.4, 0.5) is 0 Å². The number of fused-ring (bicyclic) bond motifs is 3. The van der Waals surface area contributed by atoms with Crippen LogP contribution in [0.1, 0.15) is 21.7 Å². The first kappa shape index (κ1) is 20.4. The van der Waals surface area contributed by atoms with E-state index in [9.17, 15) is 13.2 Å². The Hall–Kier alpha value is -2.35. The van der Waals surface area contributed by atoms with Crippen LogP contribution in [0, 0.1) is 0 Å². The molecule has 28 heavy (non-hydrogen) atoms. The molecule has 0 saturated carbocycles. The number of hydrogen-bond acceptors (Lipinski definition) is 5. The fourth-order valence-electron chi connectivity index (χ4n) is 3.37. The van der Waals surface area contributed by atoms with Crippen LogP contribution in [-0.4, -0.2) is 39.9 Å². The van der Waals surface area contributed by atoms with E-state index in [1.807, 2.05) is 6.07 Å². The number of amides is 1. The molecule has 0 bridgehead atoms. The normalized spacial score (nSPS) is 13.6. The summed E-state index contributed by atoms with van der Waals surface area (Å²) in [6.45, 7) is 1.54. The molecular formula is C20H21ClN2O4S. The lowest BCUT2D eigenvalue weighted by Gasteiger charge is -2.11. The van der Waals surface area contributed by atoms with Crippen molar-refractivity contribution in [3.05, 3.63) is 59.4 Å². The van der Waals surface area contributed by atoms with Crippen LogP contribution in [-0.2, 0) is 22.8 Å². The largest absolute Gasteiger partial charge is 0.459 e. The first-order valence-corrected chi connectivity index (χ1v) is 10.2. The molecule has 0 fully saturated rings. The van der Waals surface area contributed by atoms with Crippen LogP contribution in [0.5, 0.6) is 0 Å². The maximum atomic E-state index is 13.1. The molecule has 1 aliphatic heterocycles. The molecule has 4 rings (SSSR count). The van der Waals surface area contributed by atoms with E-state index in [1.165, 1.54) is 17.0 Å². The number of nitrogens with one attached hydrogen (secondary N) is 1. The molecule has 2 aromatic carbocycles. The van der Waals surface area contributed by atoms with Crippen LogP contribution in [0.2, 0.25) is 0 Å². The van der Waals surface area contributed by atoms with E-state index in [-0.39, 0.29) is 28.1 Å². The third kappa shape index (κ3) is 3.41. The number of rotatable bonds is 3. The summed E-state index contributed by atoms with van der Waals surface area (Å²) in [4.78, 5) is 13.8. The van der Waals surface area contributed by atoms with Crippen LogP contribution in [0.3, 0.4) is 0 Å². The highest BCUT2D eigenvalue weighted by atomic mass is 35.5. The van der Waals surface area contributed by atoms with Gasteiger partial charge < -0.3 is 14.6 Å². The molecule has 2 heterocycles. The SMILES string of the molecule is CN(C)C(=O)c1cccc(S(=O)(=O)c2ccc3c4c(oc3c2)CNCC4)c1.Cl. The van der Waals surface area contributed by atoms with Crippen molar-refractivity contribution in [2.45, 2.75) is 22.8 Å². The van der Waals surface area contributed by atoms with Crippen molar-refractivity contribution in [2.24, 2.45) is 0 Å². The molecule has 3 aromatic rings. The molecule has 148 valence electrons. The second kappa shape index (κ2) is 7.58. The average Bonchev–Trinajstić information content (AvgIpc) is 3.05. The molecule has 1 aliphatic rings. The standard InChI is InChI=1S/C20H20N2O4S.ClH/c1-22(2)20(23)13-4-3-5-14(10-13)27(24,25)15-6-7-16-17-8-9-21-12-19(17)26-18(16)11-15;/h3-7,10-11,21H,8-9,12H2,1-2H3;1H. The molecule has 1 aromatic heterocycles. The van der Waals surface area contributed by atoms with E-state index < -0.39 is 9.84 Å². The predicted molar refractivity (Wildman–Crippen MR) is 109 cm³/mol. The van der Waals surface area contributed by atoms with Gasteiger partial charge in [-0.15, -0.1) is 12.4 Å². The van der Waals surface area contributed by atoms with Crippen molar-refractivity contribution in [1.29, 1.82) is 0 Å². The van der Waals surface area contributed by atoms with E-state index >= 15 is 0 Å². The van der Waals surface area contributed by atoms with E-state index in [4.69, 9.17) is 4.42 Å². The van der Waals surface area contributed by atoms with Gasteiger partial charge in [-0.25, -0.2) is 8.42 Å². The Bertz CT molecular complexity index is 1150. The summed E-state index contributed by atoms with van der Waals surface area (Å²) in [6, 6.07) is 11.1. The summed E-state index contributed by atoms with van der Waals surface area (Å²) in [6.07, 6.45) is 0.864. The van der Waals surface area contributed by atoms with Crippen molar-refractivity contribution in [2.75, 3.05) is 20.6 Å². The molecule has 1 amide bonds. The van der Waals surface area contributed by atoms with Crippen LogP contribution in [0.15, 0.2) is 56.7 Å². The number of nitrogens with zero attached hydrogens (tertiary/aromatic N) is 1. The van der Waals surface area contributed by atoms with Gasteiger partial charge in [0.2, 0.25) is 9.84 Å². The fraction of sp³-hybridized carbons (Fsp3) is 0.250. The summed E-state index contributed by atoms with van der Waals surface area (Å²) >= 11 is 0. The molecule has 0 unspecified atom stereocenters. The molecule has 0 aliphatic carbocycles. The number of benzene rings is 2. The summed E-state index contributed by atoms with van der Waals surface area (Å²) in [5, 5.41) is 4.21. The van der Waals surface area contributed by atoms with Crippen molar-refractivity contribution in [3.63, 3.8) is 0 Å². The topological polar surface area (TPSA) is 79.6 Å². The van der Waals surface area contributed by atoms with Gasteiger partial charge in [0.25, 0.3) is 5.91 Å². The third-order valence-electron chi connectivity index (χ3n) is 4.79. The lowest BCUT2D eigenvalue weighted by molar-refractivity contribution is 0.0827. The Balaban J connectivity index is 0.00000225. The van der Waals surface area contributed by atoms with Gasteiger partial charge >= 0.3 is 0 Å². The van der Waals surface area contributed by atoms with Gasteiger partial charge in [0.15, 0.2) is 0 Å². The summed E-state index contributed by atoms with van der Waals surface area (Å²) < 4.78 is 32.0. The van der Waals surface area contributed by atoms with E-state index in [0.717, 1.165) is 29.7 Å². The Morgan fingerprint density at radius 1 is 1.11 bits per heavy atom. The maximum Gasteiger partial charge on any atom is 0.253 e. The smallest absolute Gasteiger partial charge is 0.253 e. The average molecular weight is 421 g/mol. The first-order chi connectivity index (χ1) is 12.9. The fourth-order valence-corrected chi connectivity index (χ4v) is 4.69. The van der Waals surface area contributed by atoms with Gasteiger partial charge in [0.05, 0.1) is 16.3 Å². The van der Waals surface area contributed by atoms with E-state index in [2.05, 4.69) is 5.32 Å². The Labute approximate surface area is 169 Å². The highest BCUT2D eigenvalue weighted by Gasteiger charge is 2.23. The van der Waals surface area contributed by atoms with Crippen molar-refractivity contribution < 1.29 is 17.6 Å². The van der Waals surface area contributed by atoms with Gasteiger partial charge in [-0.3, -0.25) is 4.79 Å². The lowest BCUT2D eigenvalue weighted by atomic mass is 10.1. The number of hydrogen-bond donors (Lipinski definition) is 1. The van der Waals surface area contributed by atoms with Gasteiger partial charge in [-0.2, -0.15) is 0 Å². The lowest BCUT2D eigenvalue weighted by Crippen LogP contribution is -2.22. The molecule has 0 spiro atoms. The second-order valence-corrected chi connectivity index (χ2v) is 8.77. The molecule has 6 nitrogen and oxygen atoms in total. The first-order valence-electron chi connectivity index (χ1n) is 8.70. The minimum Gasteiger partial charge on any atom is -0.459 e. The number of sulfone groups is 1. The molecular weight excluding hydrogens is 400 g/mol. The second-order valence-electron chi connectivity index (χ2n) is 6.82. The van der Waals surface area contributed by atoms with Gasteiger partial charge in [0.1, 0.15) is 11.3 Å². The van der Waals surface area contributed by atoms with Crippen molar-refractivity contribution in [3.8, 4) is 0 Å². The van der Waals surface area contributed by atoms with Crippen molar-refractivity contribution >= 4 is 39.1 Å². The molecule has 1 N–H and O–H groups in total. The van der Waals surface area contributed by atoms with Gasteiger partial charge in [-0.1, -0.05) is 6.07 Å². The van der Waals surface area contributed by atoms with Crippen LogP contribution >= 0.6 is 12.4 Å². The number of halogens is 1. The Morgan fingerprint density at radius 3 is 2.61 bits per heavy atom. The molecule has 8 heteroatoms. The van der Waals surface area contributed by atoms with Crippen molar-refractivity contribution in [1.82, 2.24) is 10.2 Å².